The highest BCUT2D eigenvalue weighted by Gasteiger charge is 2.34. The third-order valence-electron chi connectivity index (χ3n) is 6.05. The summed E-state index contributed by atoms with van der Waals surface area (Å²) in [5, 5.41) is 14.6. The molecule has 0 saturated carbocycles. The summed E-state index contributed by atoms with van der Waals surface area (Å²) in [5.41, 5.74) is 0.307. The molecule has 0 heterocycles. The monoisotopic (exact) mass is 606 g/mol. The quantitative estimate of drug-likeness (QED) is 0.227. The fourth-order valence-electron chi connectivity index (χ4n) is 4.03. The van der Waals surface area contributed by atoms with E-state index in [9.17, 15) is 28.1 Å². The predicted molar refractivity (Wildman–Crippen MR) is 154 cm³/mol. The number of anilines is 1. The number of amides is 2. The molecule has 0 radical (unpaired) electrons. The highest BCUT2D eigenvalue weighted by Crippen LogP contribution is 2.28. The van der Waals surface area contributed by atoms with Crippen molar-refractivity contribution in [1.82, 2.24) is 10.2 Å². The number of carbonyl (C=O) groups is 2. The van der Waals surface area contributed by atoms with E-state index in [1.807, 2.05) is 0 Å². The highest BCUT2D eigenvalue weighted by atomic mass is 35.5. The smallest absolute Gasteiger partial charge is 0.269 e. The van der Waals surface area contributed by atoms with Gasteiger partial charge in [-0.2, -0.15) is 0 Å². The van der Waals surface area contributed by atoms with Crippen molar-refractivity contribution in [2.75, 3.05) is 17.4 Å². The zero-order chi connectivity index (χ0) is 29.4. The molecule has 1 N–H and O–H groups in total. The number of nitrogens with one attached hydrogen (secondary N) is 1. The van der Waals surface area contributed by atoms with Crippen molar-refractivity contribution in [3.05, 3.63) is 98.5 Å². The van der Waals surface area contributed by atoms with Gasteiger partial charge in [-0.15, -0.1) is 0 Å². The Morgan fingerprint density at radius 2 is 1.65 bits per heavy atom. The molecule has 0 saturated heterocycles. The number of nitro groups is 1. The molecule has 0 aliphatic carbocycles. The average Bonchev–Trinajstić information content (AvgIpc) is 2.93. The maximum absolute atomic E-state index is 13.9. The minimum atomic E-state index is -4.29. The second-order valence-electron chi connectivity index (χ2n) is 8.67. The number of nitrogens with zero attached hydrogens (tertiary/aromatic N) is 3. The maximum Gasteiger partial charge on any atom is 0.269 e. The maximum atomic E-state index is 13.9. The SMILES string of the molecule is CCNC(=O)C(CC)N(Cc1ccc(Cl)cc1Cl)C(=O)CN(c1ccc([N+](=O)[O-])cc1)S(=O)(=O)c1ccccc1. The minimum Gasteiger partial charge on any atom is -0.355 e. The molecule has 10 nitrogen and oxygen atoms in total. The molecule has 3 rings (SSSR count). The molecule has 0 aromatic heterocycles. The Kier molecular flexibility index (Phi) is 10.5. The fraction of sp³-hybridized carbons (Fsp3) is 0.259. The molecule has 1 atom stereocenters. The van der Waals surface area contributed by atoms with Gasteiger partial charge in [-0.3, -0.25) is 24.0 Å². The lowest BCUT2D eigenvalue weighted by atomic mass is 10.1. The number of carbonyl (C=O) groups excluding carboxylic acids is 2. The molecule has 0 aliphatic heterocycles. The summed E-state index contributed by atoms with van der Waals surface area (Å²) in [6, 6.07) is 16.1. The number of nitro benzene ring substituents is 1. The van der Waals surface area contributed by atoms with Gasteiger partial charge in [-0.05, 0) is 55.3 Å². The van der Waals surface area contributed by atoms with Crippen LogP contribution in [0.25, 0.3) is 0 Å². The lowest BCUT2D eigenvalue weighted by Crippen LogP contribution is -2.52. The summed E-state index contributed by atoms with van der Waals surface area (Å²) in [6.45, 7) is 3.03. The first kappa shape index (κ1) is 30.9. The van der Waals surface area contributed by atoms with E-state index in [2.05, 4.69) is 5.32 Å². The fourth-order valence-corrected chi connectivity index (χ4v) is 5.94. The van der Waals surface area contributed by atoms with Gasteiger partial charge in [0.2, 0.25) is 11.8 Å². The third-order valence-corrected chi connectivity index (χ3v) is 8.43. The van der Waals surface area contributed by atoms with Crippen molar-refractivity contribution in [3.63, 3.8) is 0 Å². The van der Waals surface area contributed by atoms with Gasteiger partial charge in [0.05, 0.1) is 15.5 Å². The van der Waals surface area contributed by atoms with Crippen LogP contribution in [0.15, 0.2) is 77.7 Å². The Labute approximate surface area is 242 Å². The molecule has 0 spiro atoms. The van der Waals surface area contributed by atoms with Gasteiger partial charge in [0.15, 0.2) is 0 Å². The van der Waals surface area contributed by atoms with E-state index in [-0.39, 0.29) is 34.3 Å². The molecule has 40 heavy (non-hydrogen) atoms. The van der Waals surface area contributed by atoms with Crippen molar-refractivity contribution >= 4 is 56.4 Å². The van der Waals surface area contributed by atoms with Gasteiger partial charge in [-0.1, -0.05) is 54.4 Å². The molecule has 13 heteroatoms. The molecule has 3 aromatic rings. The molecule has 1 unspecified atom stereocenters. The lowest BCUT2D eigenvalue weighted by molar-refractivity contribution is -0.384. The van der Waals surface area contributed by atoms with Crippen LogP contribution in [0.1, 0.15) is 25.8 Å². The molecular formula is C27H28Cl2N4O6S. The van der Waals surface area contributed by atoms with Crippen LogP contribution in [-0.4, -0.2) is 49.2 Å². The van der Waals surface area contributed by atoms with Crippen LogP contribution in [0, 0.1) is 10.1 Å². The topological polar surface area (TPSA) is 130 Å². The second kappa shape index (κ2) is 13.6. The van der Waals surface area contributed by atoms with E-state index in [4.69, 9.17) is 23.2 Å². The van der Waals surface area contributed by atoms with Gasteiger partial charge in [-0.25, -0.2) is 8.42 Å². The first-order valence-electron chi connectivity index (χ1n) is 12.3. The zero-order valence-corrected chi connectivity index (χ0v) is 24.1. The predicted octanol–water partition coefficient (Wildman–Crippen LogP) is 5.04. The molecular weight excluding hydrogens is 579 g/mol. The van der Waals surface area contributed by atoms with Gasteiger partial charge >= 0.3 is 0 Å². The molecule has 2 amide bonds. The van der Waals surface area contributed by atoms with Gasteiger partial charge in [0.1, 0.15) is 12.6 Å². The summed E-state index contributed by atoms with van der Waals surface area (Å²) in [5.74, 6) is -1.08. The first-order chi connectivity index (χ1) is 19.0. The Bertz CT molecular complexity index is 1470. The number of sulfonamides is 1. The van der Waals surface area contributed by atoms with Crippen LogP contribution in [0.5, 0.6) is 0 Å². The number of rotatable bonds is 12. The number of hydrogen-bond acceptors (Lipinski definition) is 6. The Morgan fingerprint density at radius 3 is 2.20 bits per heavy atom. The van der Waals surface area contributed by atoms with E-state index in [0.29, 0.717) is 17.1 Å². The highest BCUT2D eigenvalue weighted by molar-refractivity contribution is 7.92. The van der Waals surface area contributed by atoms with Gasteiger partial charge in [0, 0.05) is 35.3 Å². The van der Waals surface area contributed by atoms with Crippen LogP contribution < -0.4 is 9.62 Å². The number of likely N-dealkylation sites (N-methyl/N-ethyl adjacent to an activating group) is 1. The van der Waals surface area contributed by atoms with Gasteiger partial charge in [0.25, 0.3) is 15.7 Å². The van der Waals surface area contributed by atoms with Crippen molar-refractivity contribution in [1.29, 1.82) is 0 Å². The Balaban J connectivity index is 2.08. The van der Waals surface area contributed by atoms with Crippen molar-refractivity contribution in [3.8, 4) is 0 Å². The van der Waals surface area contributed by atoms with Crippen LogP contribution >= 0.6 is 23.2 Å². The third kappa shape index (κ3) is 7.29. The molecule has 0 aliphatic rings. The van der Waals surface area contributed by atoms with Crippen LogP contribution in [0.4, 0.5) is 11.4 Å². The standard InChI is InChI=1S/C27H28Cl2N4O6S/c1-3-25(27(35)30-4-2)31(17-19-10-11-20(28)16-24(19)29)26(34)18-32(21-12-14-22(15-13-21)33(36)37)40(38,39)23-8-6-5-7-9-23/h5-16,25H,3-4,17-18H2,1-2H3,(H,30,35). The van der Waals surface area contributed by atoms with E-state index >= 15 is 0 Å². The normalized spacial score (nSPS) is 11.9. The Morgan fingerprint density at radius 1 is 1.00 bits per heavy atom. The molecule has 3 aromatic carbocycles. The second-order valence-corrected chi connectivity index (χ2v) is 11.4. The van der Waals surface area contributed by atoms with Crippen molar-refractivity contribution in [2.24, 2.45) is 0 Å². The van der Waals surface area contributed by atoms with E-state index < -0.39 is 39.3 Å². The van der Waals surface area contributed by atoms with E-state index in [0.717, 1.165) is 16.4 Å². The molecule has 0 fully saturated rings. The summed E-state index contributed by atoms with van der Waals surface area (Å²) < 4.78 is 28.4. The van der Waals surface area contributed by atoms with E-state index in [1.165, 1.54) is 35.2 Å². The van der Waals surface area contributed by atoms with Crippen molar-refractivity contribution < 1.29 is 22.9 Å². The largest absolute Gasteiger partial charge is 0.355 e. The number of non-ortho nitro benzene ring substituents is 1. The van der Waals surface area contributed by atoms with Crippen LogP contribution in [0.3, 0.4) is 0 Å². The summed E-state index contributed by atoms with van der Waals surface area (Å²) in [4.78, 5) is 38.7. The van der Waals surface area contributed by atoms with Crippen LogP contribution in [-0.2, 0) is 26.2 Å². The number of hydrogen-bond donors (Lipinski definition) is 1. The minimum absolute atomic E-state index is 0.0401. The summed E-state index contributed by atoms with van der Waals surface area (Å²) in [6.07, 6.45) is 0.242. The summed E-state index contributed by atoms with van der Waals surface area (Å²) in [7, 11) is -4.29. The molecule has 212 valence electrons. The van der Waals surface area contributed by atoms with Crippen LogP contribution in [0.2, 0.25) is 10.0 Å². The van der Waals surface area contributed by atoms with Gasteiger partial charge < -0.3 is 10.2 Å². The first-order valence-corrected chi connectivity index (χ1v) is 14.5. The van der Waals surface area contributed by atoms with Crippen molar-refractivity contribution in [2.45, 2.75) is 37.8 Å². The summed E-state index contributed by atoms with van der Waals surface area (Å²) >= 11 is 12.4. The lowest BCUT2D eigenvalue weighted by Gasteiger charge is -2.33. The number of halogens is 2. The average molecular weight is 608 g/mol. The number of benzene rings is 3. The van der Waals surface area contributed by atoms with E-state index in [1.54, 1.807) is 44.2 Å². The zero-order valence-electron chi connectivity index (χ0n) is 21.8. The Hall–Kier alpha value is -3.67. The molecule has 0 bridgehead atoms.